The van der Waals surface area contributed by atoms with E-state index in [2.05, 4.69) is 15.6 Å². The lowest BCUT2D eigenvalue weighted by atomic mass is 10.1. The molecule has 164 valence electrons. The summed E-state index contributed by atoms with van der Waals surface area (Å²) in [7, 11) is 0. The van der Waals surface area contributed by atoms with E-state index in [1.165, 1.54) is 0 Å². The lowest BCUT2D eigenvalue weighted by Gasteiger charge is -2.10. The van der Waals surface area contributed by atoms with Gasteiger partial charge in [0.15, 0.2) is 0 Å². The molecule has 0 radical (unpaired) electrons. The number of anilines is 1. The summed E-state index contributed by atoms with van der Waals surface area (Å²) >= 11 is 0. The number of amides is 1. The Labute approximate surface area is 187 Å². The van der Waals surface area contributed by atoms with Crippen LogP contribution >= 0.6 is 0 Å². The van der Waals surface area contributed by atoms with Crippen molar-refractivity contribution < 1.29 is 14.1 Å². The largest absolute Gasteiger partial charge is 0.489 e. The molecule has 2 heterocycles. The van der Waals surface area contributed by atoms with Crippen LogP contribution in [0.15, 0.2) is 59.1 Å². The fourth-order valence-corrected chi connectivity index (χ4v) is 3.55. The highest BCUT2D eigenvalue weighted by Gasteiger charge is 2.12. The SMILES string of the molecule is Cc1cc(C)n(Cc2cccc(NC(=O)c3cccc(OCc4c(C)noc4C)c3)c2)n1. The Morgan fingerprint density at radius 1 is 1.06 bits per heavy atom. The van der Waals surface area contributed by atoms with Gasteiger partial charge < -0.3 is 14.6 Å². The van der Waals surface area contributed by atoms with Crippen molar-refractivity contribution in [3.63, 3.8) is 0 Å². The third kappa shape index (κ3) is 4.88. The standard InChI is InChI=1S/C25H26N4O3/c1-16-11-17(2)29(27-16)14-20-7-5-9-22(12-20)26-25(30)21-8-6-10-23(13-21)31-15-24-18(3)28-32-19(24)4/h5-13H,14-15H2,1-4H3,(H,26,30). The zero-order valence-corrected chi connectivity index (χ0v) is 18.7. The Balaban J connectivity index is 1.43. The van der Waals surface area contributed by atoms with E-state index < -0.39 is 0 Å². The van der Waals surface area contributed by atoms with Crippen LogP contribution < -0.4 is 10.1 Å². The van der Waals surface area contributed by atoms with Crippen molar-refractivity contribution in [3.8, 4) is 5.75 Å². The van der Waals surface area contributed by atoms with Gasteiger partial charge in [-0.15, -0.1) is 0 Å². The molecule has 0 spiro atoms. The van der Waals surface area contributed by atoms with Gasteiger partial charge in [0.05, 0.1) is 23.5 Å². The number of ether oxygens (including phenoxy) is 1. The van der Waals surface area contributed by atoms with Crippen molar-refractivity contribution >= 4 is 11.6 Å². The fourth-order valence-electron chi connectivity index (χ4n) is 3.55. The highest BCUT2D eigenvalue weighted by molar-refractivity contribution is 6.04. The summed E-state index contributed by atoms with van der Waals surface area (Å²) in [5.74, 6) is 1.14. The number of hydrogen-bond acceptors (Lipinski definition) is 5. The summed E-state index contributed by atoms with van der Waals surface area (Å²) in [5, 5.41) is 11.4. The lowest BCUT2D eigenvalue weighted by molar-refractivity contribution is 0.102. The molecule has 1 amide bonds. The quantitative estimate of drug-likeness (QED) is 0.447. The first kappa shape index (κ1) is 21.4. The van der Waals surface area contributed by atoms with Gasteiger partial charge in [0.1, 0.15) is 18.1 Å². The summed E-state index contributed by atoms with van der Waals surface area (Å²) in [6.45, 7) is 8.72. The summed E-state index contributed by atoms with van der Waals surface area (Å²) in [6, 6.07) is 17.0. The van der Waals surface area contributed by atoms with Crippen molar-refractivity contribution in [2.45, 2.75) is 40.8 Å². The monoisotopic (exact) mass is 430 g/mol. The maximum Gasteiger partial charge on any atom is 0.255 e. The Morgan fingerprint density at radius 3 is 2.59 bits per heavy atom. The number of aryl methyl sites for hydroxylation is 4. The molecule has 1 N–H and O–H groups in total. The van der Waals surface area contributed by atoms with Gasteiger partial charge in [-0.2, -0.15) is 5.10 Å². The van der Waals surface area contributed by atoms with Crippen LogP contribution in [0.5, 0.6) is 5.75 Å². The van der Waals surface area contributed by atoms with Crippen molar-refractivity contribution in [3.05, 3.63) is 94.1 Å². The van der Waals surface area contributed by atoms with Crippen LogP contribution in [0.4, 0.5) is 5.69 Å². The van der Waals surface area contributed by atoms with Gasteiger partial charge in [0.2, 0.25) is 0 Å². The molecule has 0 aliphatic rings. The normalized spacial score (nSPS) is 10.9. The zero-order valence-electron chi connectivity index (χ0n) is 18.7. The molecule has 7 nitrogen and oxygen atoms in total. The first-order chi connectivity index (χ1) is 15.4. The van der Waals surface area contributed by atoms with Crippen LogP contribution in [-0.2, 0) is 13.2 Å². The van der Waals surface area contributed by atoms with Crippen LogP contribution in [0, 0.1) is 27.7 Å². The van der Waals surface area contributed by atoms with Crippen molar-refractivity contribution in [1.82, 2.24) is 14.9 Å². The van der Waals surface area contributed by atoms with E-state index in [0.29, 0.717) is 24.5 Å². The second kappa shape index (κ2) is 9.09. The molecular weight excluding hydrogens is 404 g/mol. The Morgan fingerprint density at radius 2 is 1.88 bits per heavy atom. The smallest absolute Gasteiger partial charge is 0.255 e. The maximum atomic E-state index is 12.8. The average Bonchev–Trinajstić information content (AvgIpc) is 3.26. The number of rotatable bonds is 7. The van der Waals surface area contributed by atoms with Gasteiger partial charge in [-0.25, -0.2) is 0 Å². The van der Waals surface area contributed by atoms with Gasteiger partial charge in [-0.05, 0) is 69.7 Å². The molecule has 32 heavy (non-hydrogen) atoms. The maximum absolute atomic E-state index is 12.8. The molecule has 0 atom stereocenters. The first-order valence-corrected chi connectivity index (χ1v) is 10.4. The van der Waals surface area contributed by atoms with Gasteiger partial charge in [0.25, 0.3) is 5.91 Å². The highest BCUT2D eigenvalue weighted by atomic mass is 16.5. The van der Waals surface area contributed by atoms with E-state index in [1.807, 2.05) is 68.8 Å². The number of carbonyl (C=O) groups is 1. The molecule has 0 saturated heterocycles. The van der Waals surface area contributed by atoms with Gasteiger partial charge >= 0.3 is 0 Å². The zero-order chi connectivity index (χ0) is 22.7. The first-order valence-electron chi connectivity index (χ1n) is 10.4. The van der Waals surface area contributed by atoms with E-state index in [1.54, 1.807) is 18.2 Å². The van der Waals surface area contributed by atoms with Gasteiger partial charge in [0, 0.05) is 16.9 Å². The highest BCUT2D eigenvalue weighted by Crippen LogP contribution is 2.20. The minimum absolute atomic E-state index is 0.198. The number of nitrogens with zero attached hydrogens (tertiary/aromatic N) is 3. The molecule has 0 bridgehead atoms. The van der Waals surface area contributed by atoms with Crippen LogP contribution in [0.3, 0.4) is 0 Å². The molecule has 2 aromatic carbocycles. The van der Waals surface area contributed by atoms with Gasteiger partial charge in [-0.1, -0.05) is 23.4 Å². The Bertz CT molecular complexity index is 1240. The topological polar surface area (TPSA) is 82.2 Å². The fraction of sp³-hybridized carbons (Fsp3) is 0.240. The molecule has 0 saturated carbocycles. The van der Waals surface area contributed by atoms with E-state index in [4.69, 9.17) is 9.26 Å². The summed E-state index contributed by atoms with van der Waals surface area (Å²) in [6.07, 6.45) is 0. The van der Waals surface area contributed by atoms with Crippen LogP contribution in [0.25, 0.3) is 0 Å². The number of nitrogens with one attached hydrogen (secondary N) is 1. The minimum Gasteiger partial charge on any atom is -0.489 e. The molecule has 7 heteroatoms. The predicted octanol–water partition coefficient (Wildman–Crippen LogP) is 4.98. The van der Waals surface area contributed by atoms with Crippen molar-refractivity contribution in [2.75, 3.05) is 5.32 Å². The summed E-state index contributed by atoms with van der Waals surface area (Å²) in [5.41, 5.74) is 6.12. The average molecular weight is 431 g/mol. The van der Waals surface area contributed by atoms with E-state index in [0.717, 1.165) is 39.7 Å². The Hall–Kier alpha value is -3.87. The molecule has 0 fully saturated rings. The van der Waals surface area contributed by atoms with Crippen LogP contribution in [0.2, 0.25) is 0 Å². The van der Waals surface area contributed by atoms with Crippen molar-refractivity contribution in [1.29, 1.82) is 0 Å². The molecule has 4 aromatic rings. The number of hydrogen-bond donors (Lipinski definition) is 1. The third-order valence-corrected chi connectivity index (χ3v) is 5.28. The second-order valence-corrected chi connectivity index (χ2v) is 7.86. The van der Waals surface area contributed by atoms with E-state index in [-0.39, 0.29) is 5.91 Å². The van der Waals surface area contributed by atoms with Crippen molar-refractivity contribution in [2.24, 2.45) is 0 Å². The lowest BCUT2D eigenvalue weighted by Crippen LogP contribution is -2.12. The molecule has 0 aliphatic carbocycles. The second-order valence-electron chi connectivity index (χ2n) is 7.86. The van der Waals surface area contributed by atoms with Crippen LogP contribution in [0.1, 0.15) is 44.3 Å². The third-order valence-electron chi connectivity index (χ3n) is 5.28. The molecule has 2 aromatic heterocycles. The number of aromatic nitrogens is 3. The molecule has 4 rings (SSSR count). The molecular formula is C25H26N4O3. The van der Waals surface area contributed by atoms with Crippen LogP contribution in [-0.4, -0.2) is 20.8 Å². The minimum atomic E-state index is -0.198. The Kier molecular flexibility index (Phi) is 6.07. The molecule has 0 unspecified atom stereocenters. The number of carbonyl (C=O) groups excluding carboxylic acids is 1. The van der Waals surface area contributed by atoms with E-state index >= 15 is 0 Å². The summed E-state index contributed by atoms with van der Waals surface area (Å²) in [4.78, 5) is 12.8. The number of benzene rings is 2. The molecule has 0 aliphatic heterocycles. The van der Waals surface area contributed by atoms with E-state index in [9.17, 15) is 4.79 Å². The summed E-state index contributed by atoms with van der Waals surface area (Å²) < 4.78 is 13.0. The van der Waals surface area contributed by atoms with Gasteiger partial charge in [-0.3, -0.25) is 9.48 Å². The predicted molar refractivity (Wildman–Crippen MR) is 122 cm³/mol.